The van der Waals surface area contributed by atoms with Gasteiger partial charge < -0.3 is 0 Å². The lowest BCUT2D eigenvalue weighted by atomic mass is 10.2. The van der Waals surface area contributed by atoms with E-state index in [1.807, 2.05) is 18.4 Å². The molecule has 1 N–H and O–H groups in total. The molecule has 0 unspecified atom stereocenters. The molecule has 0 radical (unpaired) electrons. The Bertz CT molecular complexity index is 1090. The fourth-order valence-corrected chi connectivity index (χ4v) is 3.25. The number of hydrogen-bond acceptors (Lipinski definition) is 5. The second-order valence-corrected chi connectivity index (χ2v) is 6.65. The zero-order valence-electron chi connectivity index (χ0n) is 14.3. The molecule has 0 saturated heterocycles. The molecule has 4 aromatic rings. The molecule has 0 spiro atoms. The summed E-state index contributed by atoms with van der Waals surface area (Å²) in [7, 11) is 0. The average Bonchev–Trinajstić information content (AvgIpc) is 3.30. The second-order valence-electron chi connectivity index (χ2n) is 5.79. The third-order valence-electron chi connectivity index (χ3n) is 3.81. The van der Waals surface area contributed by atoms with Crippen LogP contribution < -0.4 is 5.32 Å². The number of aryl methyl sites for hydroxylation is 1. The maximum absolute atomic E-state index is 13.3. The summed E-state index contributed by atoms with van der Waals surface area (Å²) < 4.78 is 14.9. The van der Waals surface area contributed by atoms with Gasteiger partial charge in [0.2, 0.25) is 0 Å². The van der Waals surface area contributed by atoms with Crippen LogP contribution in [0.2, 0.25) is 0 Å². The standard InChI is InChI=1S/C19H14FN5OS/c1-12-11-27-19(22-12)23-18(26)16-9-17(13-3-2-8-21-10-13)25(24-16)15-6-4-14(20)5-7-15/h2-11H,1H3,(H,22,23,26). The van der Waals surface area contributed by atoms with E-state index in [1.54, 1.807) is 41.3 Å². The molecule has 0 aliphatic heterocycles. The number of nitrogens with one attached hydrogen (secondary N) is 1. The van der Waals surface area contributed by atoms with Crippen LogP contribution in [-0.4, -0.2) is 25.7 Å². The number of benzene rings is 1. The number of hydrogen-bond donors (Lipinski definition) is 1. The summed E-state index contributed by atoms with van der Waals surface area (Å²) in [5, 5.41) is 9.54. The quantitative estimate of drug-likeness (QED) is 0.580. The first-order valence-corrected chi connectivity index (χ1v) is 8.98. The normalized spacial score (nSPS) is 10.7. The molecule has 1 amide bonds. The Balaban J connectivity index is 1.75. The molecule has 1 aromatic carbocycles. The first-order chi connectivity index (χ1) is 13.1. The monoisotopic (exact) mass is 379 g/mol. The van der Waals surface area contributed by atoms with Gasteiger partial charge in [0.1, 0.15) is 5.82 Å². The molecular formula is C19H14FN5OS. The minimum atomic E-state index is -0.365. The number of pyridine rings is 1. The van der Waals surface area contributed by atoms with Crippen molar-refractivity contribution in [3.05, 3.63) is 77.4 Å². The van der Waals surface area contributed by atoms with Gasteiger partial charge in [-0.3, -0.25) is 15.1 Å². The molecular weight excluding hydrogens is 365 g/mol. The lowest BCUT2D eigenvalue weighted by molar-refractivity contribution is 0.102. The van der Waals surface area contributed by atoms with E-state index in [2.05, 4.69) is 20.4 Å². The number of carbonyl (C=O) groups is 1. The van der Waals surface area contributed by atoms with Crippen molar-refractivity contribution in [3.63, 3.8) is 0 Å². The molecule has 0 fully saturated rings. The summed E-state index contributed by atoms with van der Waals surface area (Å²) in [5.41, 5.74) is 3.17. The minimum Gasteiger partial charge on any atom is -0.296 e. The number of halogens is 1. The van der Waals surface area contributed by atoms with Crippen molar-refractivity contribution in [2.45, 2.75) is 6.92 Å². The van der Waals surface area contributed by atoms with Gasteiger partial charge in [-0.1, -0.05) is 0 Å². The smallest absolute Gasteiger partial charge is 0.277 e. The number of carbonyl (C=O) groups excluding carboxylic acids is 1. The Kier molecular flexibility index (Phi) is 4.47. The van der Waals surface area contributed by atoms with Gasteiger partial charge in [-0.05, 0) is 49.4 Å². The Morgan fingerprint density at radius 1 is 1.22 bits per heavy atom. The molecule has 8 heteroatoms. The number of thiazole rings is 1. The van der Waals surface area contributed by atoms with Crippen molar-refractivity contribution in [1.29, 1.82) is 0 Å². The first-order valence-electron chi connectivity index (χ1n) is 8.10. The molecule has 134 valence electrons. The first kappa shape index (κ1) is 17.0. The van der Waals surface area contributed by atoms with Gasteiger partial charge in [-0.25, -0.2) is 14.1 Å². The highest BCUT2D eigenvalue weighted by molar-refractivity contribution is 7.13. The number of rotatable bonds is 4. The topological polar surface area (TPSA) is 72.7 Å². The third-order valence-corrected chi connectivity index (χ3v) is 4.69. The van der Waals surface area contributed by atoms with Crippen LogP contribution in [0.15, 0.2) is 60.2 Å². The van der Waals surface area contributed by atoms with Gasteiger partial charge in [0.25, 0.3) is 5.91 Å². The molecule has 3 aromatic heterocycles. The number of aromatic nitrogens is 4. The number of amides is 1. The van der Waals surface area contributed by atoms with Crippen LogP contribution in [0.4, 0.5) is 9.52 Å². The molecule has 27 heavy (non-hydrogen) atoms. The van der Waals surface area contributed by atoms with E-state index in [4.69, 9.17) is 0 Å². The van der Waals surface area contributed by atoms with Crippen molar-refractivity contribution in [3.8, 4) is 16.9 Å². The van der Waals surface area contributed by atoms with E-state index < -0.39 is 0 Å². The van der Waals surface area contributed by atoms with Crippen molar-refractivity contribution in [2.75, 3.05) is 5.32 Å². The molecule has 0 atom stereocenters. The van der Waals surface area contributed by atoms with Gasteiger partial charge in [0, 0.05) is 23.3 Å². The summed E-state index contributed by atoms with van der Waals surface area (Å²) in [6.07, 6.45) is 3.35. The van der Waals surface area contributed by atoms with Crippen molar-refractivity contribution >= 4 is 22.4 Å². The molecule has 0 saturated carbocycles. The van der Waals surface area contributed by atoms with E-state index in [0.29, 0.717) is 16.5 Å². The van der Waals surface area contributed by atoms with Gasteiger partial charge in [-0.15, -0.1) is 11.3 Å². The van der Waals surface area contributed by atoms with Crippen LogP contribution in [-0.2, 0) is 0 Å². The van der Waals surface area contributed by atoms with E-state index >= 15 is 0 Å². The maximum Gasteiger partial charge on any atom is 0.277 e. The summed E-state index contributed by atoms with van der Waals surface area (Å²) in [6, 6.07) is 11.3. The van der Waals surface area contributed by atoms with Crippen LogP contribution in [0.3, 0.4) is 0 Å². The fraction of sp³-hybridized carbons (Fsp3) is 0.0526. The Morgan fingerprint density at radius 3 is 2.70 bits per heavy atom. The lowest BCUT2D eigenvalue weighted by Crippen LogP contribution is -2.13. The Labute approximate surface area is 158 Å². The maximum atomic E-state index is 13.3. The highest BCUT2D eigenvalue weighted by Crippen LogP contribution is 2.24. The Morgan fingerprint density at radius 2 is 2.04 bits per heavy atom. The van der Waals surface area contributed by atoms with Crippen molar-refractivity contribution in [2.24, 2.45) is 0 Å². The number of anilines is 1. The van der Waals surface area contributed by atoms with E-state index in [9.17, 15) is 9.18 Å². The zero-order valence-corrected chi connectivity index (χ0v) is 15.1. The average molecular weight is 379 g/mol. The van der Waals surface area contributed by atoms with Gasteiger partial charge in [-0.2, -0.15) is 5.10 Å². The molecule has 0 aliphatic rings. The van der Waals surface area contributed by atoms with Crippen LogP contribution in [0.1, 0.15) is 16.2 Å². The molecule has 0 bridgehead atoms. The molecule has 3 heterocycles. The largest absolute Gasteiger partial charge is 0.296 e. The van der Waals surface area contributed by atoms with Crippen LogP contribution in [0.5, 0.6) is 0 Å². The summed E-state index contributed by atoms with van der Waals surface area (Å²) in [4.78, 5) is 21.0. The SMILES string of the molecule is Cc1csc(NC(=O)c2cc(-c3cccnc3)n(-c3ccc(F)cc3)n2)n1. The molecule has 6 nitrogen and oxygen atoms in total. The third kappa shape index (κ3) is 3.61. The zero-order chi connectivity index (χ0) is 18.8. The fourth-order valence-electron chi connectivity index (χ4n) is 2.56. The number of nitrogens with zero attached hydrogens (tertiary/aromatic N) is 4. The highest BCUT2D eigenvalue weighted by Gasteiger charge is 2.18. The van der Waals surface area contributed by atoms with Gasteiger partial charge in [0.05, 0.1) is 17.1 Å². The summed E-state index contributed by atoms with van der Waals surface area (Å²) in [6.45, 7) is 1.86. The van der Waals surface area contributed by atoms with E-state index in [0.717, 1.165) is 11.3 Å². The van der Waals surface area contributed by atoms with Gasteiger partial charge >= 0.3 is 0 Å². The van der Waals surface area contributed by atoms with Gasteiger partial charge in [0.15, 0.2) is 10.8 Å². The second kappa shape index (κ2) is 7.08. The van der Waals surface area contributed by atoms with Crippen molar-refractivity contribution < 1.29 is 9.18 Å². The lowest BCUT2D eigenvalue weighted by Gasteiger charge is -2.07. The Hall–Kier alpha value is -3.39. The predicted octanol–water partition coefficient (Wildman–Crippen LogP) is 4.09. The van der Waals surface area contributed by atoms with E-state index in [1.165, 1.54) is 23.5 Å². The van der Waals surface area contributed by atoms with Crippen molar-refractivity contribution in [1.82, 2.24) is 19.7 Å². The molecule has 4 rings (SSSR count). The van der Waals surface area contributed by atoms with Crippen LogP contribution in [0, 0.1) is 12.7 Å². The van der Waals surface area contributed by atoms with Crippen LogP contribution in [0.25, 0.3) is 16.9 Å². The summed E-state index contributed by atoms with van der Waals surface area (Å²) in [5.74, 6) is -0.707. The van der Waals surface area contributed by atoms with Crippen LogP contribution >= 0.6 is 11.3 Å². The summed E-state index contributed by atoms with van der Waals surface area (Å²) >= 11 is 1.35. The minimum absolute atomic E-state index is 0.228. The van der Waals surface area contributed by atoms with E-state index in [-0.39, 0.29) is 17.4 Å². The predicted molar refractivity (Wildman–Crippen MR) is 102 cm³/mol. The highest BCUT2D eigenvalue weighted by atomic mass is 32.1. The molecule has 0 aliphatic carbocycles.